The fourth-order valence-corrected chi connectivity index (χ4v) is 14.3. The van der Waals surface area contributed by atoms with Gasteiger partial charge in [0.05, 0.1) is 5.41 Å². The van der Waals surface area contributed by atoms with E-state index >= 15 is 0 Å². The summed E-state index contributed by atoms with van der Waals surface area (Å²) in [5.41, 5.74) is 18.6. The van der Waals surface area contributed by atoms with Crippen molar-refractivity contribution >= 4 is 10.8 Å². The van der Waals surface area contributed by atoms with Crippen LogP contribution in [0.25, 0.3) is 55.3 Å². The highest BCUT2D eigenvalue weighted by Gasteiger charge is 2.62. The third-order valence-electron chi connectivity index (χ3n) is 15.9. The first-order chi connectivity index (χ1) is 28.7. The van der Waals surface area contributed by atoms with Crippen LogP contribution in [0.5, 0.6) is 11.5 Å². The van der Waals surface area contributed by atoms with Crippen LogP contribution in [0.2, 0.25) is 0 Å². The van der Waals surface area contributed by atoms with E-state index in [0.29, 0.717) is 0 Å². The summed E-state index contributed by atoms with van der Waals surface area (Å²) in [5, 5.41) is 2.37. The van der Waals surface area contributed by atoms with Gasteiger partial charge in [0.1, 0.15) is 11.5 Å². The molecule has 8 aromatic carbocycles. The van der Waals surface area contributed by atoms with Gasteiger partial charge in [-0.2, -0.15) is 0 Å². The topological polar surface area (TPSA) is 9.23 Å². The Morgan fingerprint density at radius 3 is 1.55 bits per heavy atom. The SMILES string of the molecule is c1ccc2c(c1)Oc1c(cc(-c3ccccc3-c3cccc4c3-c3ccccc3C43C4CC5CC(C4)CC3C5)c3ccccc13)C21c2ccccc2-c2ccccc21. The Bertz CT molecular complexity index is 3000. The number of ether oxygens (including phenoxy) is 1. The van der Waals surface area contributed by atoms with Crippen LogP contribution in [0.3, 0.4) is 0 Å². The van der Waals surface area contributed by atoms with Gasteiger partial charge in [-0.25, -0.2) is 0 Å². The van der Waals surface area contributed by atoms with E-state index in [1.807, 2.05) is 0 Å². The third-order valence-corrected chi connectivity index (χ3v) is 15.9. The molecule has 6 aliphatic carbocycles. The van der Waals surface area contributed by atoms with Gasteiger partial charge in [-0.3, -0.25) is 0 Å². The Kier molecular flexibility index (Phi) is 6.19. The van der Waals surface area contributed by atoms with Crippen molar-refractivity contribution in [2.75, 3.05) is 0 Å². The number of hydrogen-bond acceptors (Lipinski definition) is 1. The van der Waals surface area contributed by atoms with Gasteiger partial charge < -0.3 is 4.74 Å². The molecule has 0 amide bonds. The van der Waals surface area contributed by atoms with E-state index in [0.717, 1.165) is 40.6 Å². The average molecular weight is 743 g/mol. The van der Waals surface area contributed by atoms with Crippen LogP contribution in [-0.4, -0.2) is 0 Å². The molecule has 0 unspecified atom stereocenters. The molecule has 0 saturated heterocycles. The lowest BCUT2D eigenvalue weighted by atomic mass is 9.43. The summed E-state index contributed by atoms with van der Waals surface area (Å²) in [6.07, 6.45) is 7.03. The Balaban J connectivity index is 1.06. The third kappa shape index (κ3) is 3.76. The van der Waals surface area contributed by atoms with Gasteiger partial charge in [0.15, 0.2) is 0 Å². The summed E-state index contributed by atoms with van der Waals surface area (Å²) in [6.45, 7) is 0. The molecule has 1 nitrogen and oxygen atoms in total. The fraction of sp³-hybridized carbons (Fsp3) is 0.193. The molecule has 4 saturated carbocycles. The molecule has 2 spiro atoms. The van der Waals surface area contributed by atoms with E-state index in [2.05, 4.69) is 170 Å². The van der Waals surface area contributed by atoms with Gasteiger partial charge in [0, 0.05) is 21.9 Å². The van der Waals surface area contributed by atoms with E-state index in [1.54, 1.807) is 11.1 Å². The lowest BCUT2D eigenvalue weighted by Gasteiger charge is -2.61. The number of hydrogen-bond donors (Lipinski definition) is 0. The van der Waals surface area contributed by atoms with E-state index in [1.165, 1.54) is 104 Å². The molecule has 4 fully saturated rings. The molecule has 1 heteroatoms. The molecule has 0 aromatic heterocycles. The Labute approximate surface area is 340 Å². The highest BCUT2D eigenvalue weighted by atomic mass is 16.5. The second kappa shape index (κ2) is 11.3. The van der Waals surface area contributed by atoms with E-state index < -0.39 is 5.41 Å². The number of para-hydroxylation sites is 1. The normalized spacial score (nSPS) is 24.2. The van der Waals surface area contributed by atoms with Crippen LogP contribution in [0.1, 0.15) is 65.5 Å². The first-order valence-corrected chi connectivity index (χ1v) is 21.6. The molecule has 1 heterocycles. The molecule has 8 aromatic rings. The van der Waals surface area contributed by atoms with E-state index in [4.69, 9.17) is 4.74 Å². The van der Waals surface area contributed by atoms with Gasteiger partial charge >= 0.3 is 0 Å². The Hall–Kier alpha value is -6.18. The zero-order valence-corrected chi connectivity index (χ0v) is 32.4. The van der Waals surface area contributed by atoms with Crippen molar-refractivity contribution in [3.63, 3.8) is 0 Å². The van der Waals surface area contributed by atoms with Crippen LogP contribution in [-0.2, 0) is 10.8 Å². The minimum atomic E-state index is -0.538. The summed E-state index contributed by atoms with van der Waals surface area (Å²) in [5.74, 6) is 5.19. The van der Waals surface area contributed by atoms with Gasteiger partial charge in [-0.1, -0.05) is 158 Å². The van der Waals surface area contributed by atoms with Crippen molar-refractivity contribution in [2.24, 2.45) is 23.7 Å². The van der Waals surface area contributed by atoms with Gasteiger partial charge in [0.2, 0.25) is 0 Å². The zero-order chi connectivity index (χ0) is 37.7. The quantitative estimate of drug-likeness (QED) is 0.171. The van der Waals surface area contributed by atoms with Crippen molar-refractivity contribution < 1.29 is 4.74 Å². The van der Waals surface area contributed by atoms with Crippen molar-refractivity contribution in [2.45, 2.75) is 42.9 Å². The summed E-state index contributed by atoms with van der Waals surface area (Å²) < 4.78 is 7.12. The molecule has 1 aliphatic heterocycles. The number of fused-ring (bicyclic) bond motifs is 14. The Morgan fingerprint density at radius 2 is 0.862 bits per heavy atom. The molecule has 0 radical (unpaired) electrons. The van der Waals surface area contributed by atoms with Crippen molar-refractivity contribution in [3.8, 4) is 56.0 Å². The smallest absolute Gasteiger partial charge is 0.140 e. The standard InChI is InChI=1S/C57H42O/c1-2-15-39(38(14-1)43-21-13-26-51-54(43)45-20-7-10-24-49(45)56(51)36-29-34-28-35(31-36)32-37(56)30-34)46-33-52-55(44-19-4-3-16-40(44)46)58-53-27-12-11-25-50(53)57(52)47-22-8-5-17-41(47)42-18-6-9-23-48(42)57/h1-27,33-37H,28-32H2. The molecule has 15 rings (SSSR count). The lowest BCUT2D eigenvalue weighted by molar-refractivity contribution is -0.0399. The molecular weight excluding hydrogens is 701 g/mol. The summed E-state index contributed by atoms with van der Waals surface area (Å²) >= 11 is 0. The van der Waals surface area contributed by atoms with Crippen LogP contribution >= 0.6 is 0 Å². The van der Waals surface area contributed by atoms with Gasteiger partial charge in [-0.05, 0) is 140 Å². The zero-order valence-electron chi connectivity index (χ0n) is 32.4. The number of rotatable bonds is 2. The van der Waals surface area contributed by atoms with Crippen molar-refractivity contribution in [1.82, 2.24) is 0 Å². The molecule has 58 heavy (non-hydrogen) atoms. The van der Waals surface area contributed by atoms with Crippen molar-refractivity contribution in [1.29, 1.82) is 0 Å². The fourth-order valence-electron chi connectivity index (χ4n) is 14.3. The maximum atomic E-state index is 7.12. The van der Waals surface area contributed by atoms with E-state index in [9.17, 15) is 0 Å². The van der Waals surface area contributed by atoms with Crippen LogP contribution in [0.4, 0.5) is 0 Å². The maximum Gasteiger partial charge on any atom is 0.140 e. The minimum Gasteiger partial charge on any atom is -0.456 e. The molecule has 4 bridgehead atoms. The van der Waals surface area contributed by atoms with Crippen LogP contribution < -0.4 is 4.74 Å². The second-order valence-corrected chi connectivity index (χ2v) is 18.3. The molecular formula is C57H42O. The number of benzene rings is 8. The highest BCUT2D eigenvalue weighted by Crippen LogP contribution is 2.70. The summed E-state index contributed by atoms with van der Waals surface area (Å²) in [4.78, 5) is 0. The molecule has 0 N–H and O–H groups in total. The second-order valence-electron chi connectivity index (χ2n) is 18.3. The van der Waals surface area contributed by atoms with Crippen molar-refractivity contribution in [3.05, 3.63) is 203 Å². The monoisotopic (exact) mass is 742 g/mol. The molecule has 276 valence electrons. The lowest BCUT2D eigenvalue weighted by Crippen LogP contribution is -2.55. The highest BCUT2D eigenvalue weighted by molar-refractivity contribution is 6.07. The average Bonchev–Trinajstić information content (AvgIpc) is 3.74. The first kappa shape index (κ1) is 31.9. The summed E-state index contributed by atoms with van der Waals surface area (Å²) in [7, 11) is 0. The van der Waals surface area contributed by atoms with Crippen LogP contribution in [0, 0.1) is 23.7 Å². The summed E-state index contributed by atoms with van der Waals surface area (Å²) in [6, 6.07) is 64.5. The predicted octanol–water partition coefficient (Wildman–Crippen LogP) is 14.4. The van der Waals surface area contributed by atoms with Gasteiger partial charge in [-0.15, -0.1) is 0 Å². The predicted molar refractivity (Wildman–Crippen MR) is 235 cm³/mol. The van der Waals surface area contributed by atoms with Crippen LogP contribution in [0.15, 0.2) is 170 Å². The Morgan fingerprint density at radius 1 is 0.362 bits per heavy atom. The largest absolute Gasteiger partial charge is 0.456 e. The maximum absolute atomic E-state index is 7.12. The van der Waals surface area contributed by atoms with E-state index in [-0.39, 0.29) is 5.41 Å². The molecule has 7 aliphatic rings. The first-order valence-electron chi connectivity index (χ1n) is 21.6. The minimum absolute atomic E-state index is 0.128. The van der Waals surface area contributed by atoms with Gasteiger partial charge in [0.25, 0.3) is 0 Å². The molecule has 0 atom stereocenters.